The van der Waals surface area contributed by atoms with Crippen LogP contribution >= 0.6 is 12.6 Å². The Bertz CT molecular complexity index is 83.0. The summed E-state index contributed by atoms with van der Waals surface area (Å²) >= 11 is 4.22. The maximum Gasteiger partial charge on any atom is 0.151 e. The van der Waals surface area contributed by atoms with Gasteiger partial charge < -0.3 is 9.47 Å². The summed E-state index contributed by atoms with van der Waals surface area (Å²) < 4.78 is 10.2. The lowest BCUT2D eigenvalue weighted by atomic mass is 10.4. The van der Waals surface area contributed by atoms with Crippen molar-refractivity contribution in [1.29, 1.82) is 0 Å². The second-order valence-electron chi connectivity index (χ2n) is 2.10. The molecule has 0 aromatic carbocycles. The second-order valence-corrected chi connectivity index (χ2v) is 4.27. The first-order valence-corrected chi connectivity index (χ1v) is 4.37. The highest BCUT2D eigenvalue weighted by molar-refractivity contribution is 7.81. The van der Waals surface area contributed by atoms with Crippen LogP contribution in [0.25, 0.3) is 0 Å². The summed E-state index contributed by atoms with van der Waals surface area (Å²) in [5.74, 6) is 0. The Balaban J connectivity index is 3.92. The first-order valence-electron chi connectivity index (χ1n) is 2.85. The van der Waals surface area contributed by atoms with Gasteiger partial charge in [0.15, 0.2) is 5.41 Å². The Morgan fingerprint density at radius 3 is 1.78 bits per heavy atom. The topological polar surface area (TPSA) is 18.5 Å². The van der Waals surface area contributed by atoms with E-state index in [2.05, 4.69) is 12.6 Å². The molecule has 0 N–H and O–H groups in total. The summed E-state index contributed by atoms with van der Waals surface area (Å²) in [6.45, 7) is 1.96. The third-order valence-corrected chi connectivity index (χ3v) is 4.21. The molecular weight excluding hydrogens is 152 g/mol. The van der Waals surface area contributed by atoms with Crippen LogP contribution in [-0.2, 0) is 9.47 Å². The van der Waals surface area contributed by atoms with Crippen LogP contribution in [0.4, 0.5) is 0 Å². The molecule has 56 valence electrons. The van der Waals surface area contributed by atoms with Gasteiger partial charge in [0.1, 0.15) is 0 Å². The maximum atomic E-state index is 5.11. The average Bonchev–Trinajstić information content (AvgIpc) is 1.86. The van der Waals surface area contributed by atoms with Crippen LogP contribution < -0.4 is 0 Å². The van der Waals surface area contributed by atoms with Gasteiger partial charge in [-0.2, -0.15) is 12.6 Å². The zero-order chi connectivity index (χ0) is 7.49. The summed E-state index contributed by atoms with van der Waals surface area (Å²) in [7, 11) is 4.12. The molecule has 0 radical (unpaired) electrons. The molecule has 0 saturated heterocycles. The van der Waals surface area contributed by atoms with E-state index in [0.29, 0.717) is 0 Å². The molecular formula is C5H14O2SSi. The van der Waals surface area contributed by atoms with Gasteiger partial charge in [0.2, 0.25) is 0 Å². The summed E-state index contributed by atoms with van der Waals surface area (Å²) in [5, 5.41) is 0.138. The normalized spacial score (nSPS) is 16.0. The van der Waals surface area contributed by atoms with E-state index in [1.807, 2.05) is 6.92 Å². The quantitative estimate of drug-likeness (QED) is 0.350. The van der Waals surface area contributed by atoms with E-state index < -0.39 is 5.41 Å². The number of thiol groups is 1. The third-order valence-electron chi connectivity index (χ3n) is 1.57. The van der Waals surface area contributed by atoms with E-state index in [4.69, 9.17) is 9.47 Å². The fourth-order valence-electron chi connectivity index (χ4n) is 0.424. The van der Waals surface area contributed by atoms with Gasteiger partial charge >= 0.3 is 0 Å². The van der Waals surface area contributed by atoms with E-state index in [9.17, 15) is 0 Å². The molecule has 1 atom stereocenters. The molecule has 0 bridgehead atoms. The van der Waals surface area contributed by atoms with E-state index >= 15 is 0 Å². The highest BCUT2D eigenvalue weighted by Gasteiger charge is 2.27. The zero-order valence-electron chi connectivity index (χ0n) is 6.34. The van der Waals surface area contributed by atoms with Crippen LogP contribution in [0.3, 0.4) is 0 Å². The minimum absolute atomic E-state index is 0.138. The van der Waals surface area contributed by atoms with E-state index in [0.717, 1.165) is 10.2 Å². The van der Waals surface area contributed by atoms with Gasteiger partial charge in [-0.1, -0.05) is 0 Å². The van der Waals surface area contributed by atoms with E-state index in [-0.39, 0.29) is 5.25 Å². The van der Waals surface area contributed by atoms with Crippen molar-refractivity contribution >= 4 is 22.9 Å². The summed E-state index contributed by atoms with van der Waals surface area (Å²) in [5.41, 5.74) is -0.414. The van der Waals surface area contributed by atoms with Crippen LogP contribution in [-0.4, -0.2) is 35.1 Å². The summed E-state index contributed by atoms with van der Waals surface area (Å²) in [6.07, 6.45) is 0. The molecule has 0 aromatic rings. The van der Waals surface area contributed by atoms with Crippen LogP contribution in [0.15, 0.2) is 0 Å². The Kier molecular flexibility index (Phi) is 3.80. The highest BCUT2D eigenvalue weighted by atomic mass is 32.1. The third kappa shape index (κ3) is 2.29. The largest absolute Gasteiger partial charge is 0.357 e. The van der Waals surface area contributed by atoms with Gasteiger partial charge in [0.25, 0.3) is 0 Å². The van der Waals surface area contributed by atoms with Crippen molar-refractivity contribution in [3.63, 3.8) is 0 Å². The lowest BCUT2D eigenvalue weighted by Crippen LogP contribution is -2.42. The number of methoxy groups -OCH3 is 2. The lowest BCUT2D eigenvalue weighted by molar-refractivity contribution is -0.138. The first kappa shape index (κ1) is 9.49. The second kappa shape index (κ2) is 3.61. The van der Waals surface area contributed by atoms with Crippen molar-refractivity contribution in [3.05, 3.63) is 0 Å². The van der Waals surface area contributed by atoms with Gasteiger partial charge in [0, 0.05) is 19.5 Å². The minimum Gasteiger partial charge on any atom is -0.357 e. The van der Waals surface area contributed by atoms with Crippen LogP contribution in [0.5, 0.6) is 0 Å². The standard InChI is InChI=1S/C5H14O2SSi/c1-4(8)5(9,6-2)7-3/h4,8H,1-3,9H3. The number of hydrogen-bond acceptors (Lipinski definition) is 3. The lowest BCUT2D eigenvalue weighted by Gasteiger charge is -2.29. The van der Waals surface area contributed by atoms with Gasteiger partial charge in [0.05, 0.1) is 10.2 Å². The Hall–Kier alpha value is 0.487. The van der Waals surface area contributed by atoms with Crippen LogP contribution in [0.2, 0.25) is 0 Å². The van der Waals surface area contributed by atoms with Gasteiger partial charge in [-0.15, -0.1) is 0 Å². The van der Waals surface area contributed by atoms with Crippen molar-refractivity contribution in [3.8, 4) is 0 Å². The van der Waals surface area contributed by atoms with Gasteiger partial charge in [-0.05, 0) is 6.92 Å². The van der Waals surface area contributed by atoms with Crippen molar-refractivity contribution < 1.29 is 9.47 Å². The fourth-order valence-corrected chi connectivity index (χ4v) is 0.635. The van der Waals surface area contributed by atoms with E-state index in [1.165, 1.54) is 0 Å². The zero-order valence-corrected chi connectivity index (χ0v) is 9.24. The van der Waals surface area contributed by atoms with Crippen molar-refractivity contribution in [2.75, 3.05) is 14.2 Å². The molecule has 0 aromatic heterocycles. The smallest absolute Gasteiger partial charge is 0.151 e. The molecule has 0 amide bonds. The predicted molar refractivity (Wildman–Crippen MR) is 45.1 cm³/mol. The fraction of sp³-hybridized carbons (Fsp3) is 1.00. The molecule has 0 saturated carbocycles. The van der Waals surface area contributed by atoms with Crippen molar-refractivity contribution in [2.45, 2.75) is 17.6 Å². The number of rotatable bonds is 3. The number of ether oxygens (including phenoxy) is 2. The van der Waals surface area contributed by atoms with Gasteiger partial charge in [-0.25, -0.2) is 0 Å². The number of hydrogen-bond donors (Lipinski definition) is 1. The highest BCUT2D eigenvalue weighted by Crippen LogP contribution is 2.15. The van der Waals surface area contributed by atoms with Crippen LogP contribution in [0, 0.1) is 0 Å². The maximum absolute atomic E-state index is 5.11. The van der Waals surface area contributed by atoms with Crippen LogP contribution in [0.1, 0.15) is 6.92 Å². The molecule has 2 nitrogen and oxygen atoms in total. The molecule has 0 rings (SSSR count). The van der Waals surface area contributed by atoms with Gasteiger partial charge in [-0.3, -0.25) is 0 Å². The molecule has 0 heterocycles. The molecule has 0 aliphatic rings. The Morgan fingerprint density at radius 1 is 1.44 bits per heavy atom. The Morgan fingerprint density at radius 2 is 1.78 bits per heavy atom. The Labute approximate surface area is 64.8 Å². The molecule has 0 spiro atoms. The minimum atomic E-state index is -0.414. The summed E-state index contributed by atoms with van der Waals surface area (Å²) in [6, 6.07) is 0. The molecule has 0 aliphatic heterocycles. The molecule has 4 heteroatoms. The van der Waals surface area contributed by atoms with E-state index in [1.54, 1.807) is 14.2 Å². The molecule has 0 fully saturated rings. The monoisotopic (exact) mass is 166 g/mol. The first-order chi connectivity index (χ1) is 4.06. The SMILES string of the molecule is COC([SiH3])(OC)C(C)S. The molecule has 1 unspecified atom stereocenters. The summed E-state index contributed by atoms with van der Waals surface area (Å²) in [4.78, 5) is 0. The molecule has 9 heavy (non-hydrogen) atoms. The average molecular weight is 166 g/mol. The predicted octanol–water partition coefficient (Wildman–Crippen LogP) is -0.383. The molecule has 0 aliphatic carbocycles. The van der Waals surface area contributed by atoms with Crippen molar-refractivity contribution in [2.24, 2.45) is 0 Å². The van der Waals surface area contributed by atoms with Crippen molar-refractivity contribution in [1.82, 2.24) is 0 Å².